The van der Waals surface area contributed by atoms with Crippen LogP contribution < -0.4 is 21.5 Å². The van der Waals surface area contributed by atoms with E-state index in [0.29, 0.717) is 12.8 Å². The number of carbonyl (C=O) groups excluding carboxylic acids is 3. The Labute approximate surface area is 170 Å². The molecule has 1 aliphatic heterocycles. The molecule has 0 bridgehead atoms. The van der Waals surface area contributed by atoms with Crippen molar-refractivity contribution >= 4 is 35.2 Å². The van der Waals surface area contributed by atoms with Gasteiger partial charge in [0.1, 0.15) is 12.1 Å². The third-order valence-electron chi connectivity index (χ3n) is 4.21. The van der Waals surface area contributed by atoms with Gasteiger partial charge in [0.25, 0.3) is 11.8 Å². The van der Waals surface area contributed by atoms with Crippen LogP contribution in [0.4, 0.5) is 4.79 Å². The molecule has 0 saturated carbocycles. The van der Waals surface area contributed by atoms with E-state index in [2.05, 4.69) is 21.5 Å². The number of hydrazine groups is 1. The Morgan fingerprint density at radius 3 is 2.43 bits per heavy atom. The predicted octanol–water partition coefficient (Wildman–Crippen LogP) is 1.22. The summed E-state index contributed by atoms with van der Waals surface area (Å²) >= 11 is 5.07. The molecule has 4 amide bonds. The van der Waals surface area contributed by atoms with Gasteiger partial charge in [-0.05, 0) is 58.3 Å². The standard InChI is InChI=1S/C19H27N5O3S/c1-18(2,3)20-16(28)23-22-14(25)12-24-15(26)19(4,21-17(24)27)11-10-13-8-6-5-7-9-13/h5-9H,10-12H2,1-4H3,(H,21,27)(H,22,25)(H2,20,23,28)/t19-/m1/s1. The van der Waals surface area contributed by atoms with Crippen molar-refractivity contribution in [3.63, 3.8) is 0 Å². The van der Waals surface area contributed by atoms with E-state index in [-0.39, 0.29) is 10.7 Å². The van der Waals surface area contributed by atoms with Gasteiger partial charge in [0.15, 0.2) is 5.11 Å². The zero-order chi connectivity index (χ0) is 20.9. The molecule has 4 N–H and O–H groups in total. The second kappa shape index (κ2) is 8.55. The van der Waals surface area contributed by atoms with Crippen LogP contribution in [0.25, 0.3) is 0 Å². The third kappa shape index (κ3) is 5.91. The molecule has 152 valence electrons. The van der Waals surface area contributed by atoms with Gasteiger partial charge in [-0.1, -0.05) is 30.3 Å². The van der Waals surface area contributed by atoms with Gasteiger partial charge in [-0.15, -0.1) is 0 Å². The van der Waals surface area contributed by atoms with Crippen LogP contribution in [0.15, 0.2) is 30.3 Å². The van der Waals surface area contributed by atoms with Gasteiger partial charge < -0.3 is 10.6 Å². The number of nitrogens with one attached hydrogen (secondary N) is 4. The predicted molar refractivity (Wildman–Crippen MR) is 110 cm³/mol. The van der Waals surface area contributed by atoms with Crippen molar-refractivity contribution in [2.24, 2.45) is 0 Å². The minimum Gasteiger partial charge on any atom is -0.357 e. The van der Waals surface area contributed by atoms with Crippen LogP contribution in [0.1, 0.15) is 39.7 Å². The Morgan fingerprint density at radius 2 is 1.82 bits per heavy atom. The summed E-state index contributed by atoms with van der Waals surface area (Å²) in [6.07, 6.45) is 1.08. The number of rotatable bonds is 5. The van der Waals surface area contributed by atoms with Crippen LogP contribution in [-0.4, -0.2) is 45.5 Å². The number of nitrogens with zero attached hydrogens (tertiary/aromatic N) is 1. The fraction of sp³-hybridized carbons (Fsp3) is 0.474. The molecule has 28 heavy (non-hydrogen) atoms. The number of hydrogen-bond donors (Lipinski definition) is 4. The lowest BCUT2D eigenvalue weighted by atomic mass is 9.93. The molecule has 0 aromatic heterocycles. The monoisotopic (exact) mass is 405 g/mol. The maximum Gasteiger partial charge on any atom is 0.325 e. The van der Waals surface area contributed by atoms with E-state index < -0.39 is 29.9 Å². The summed E-state index contributed by atoms with van der Waals surface area (Å²) in [5.74, 6) is -0.965. The summed E-state index contributed by atoms with van der Waals surface area (Å²) in [5.41, 5.74) is 4.73. The molecule has 1 aromatic carbocycles. The fourth-order valence-corrected chi connectivity index (χ4v) is 3.14. The lowest BCUT2D eigenvalue weighted by Gasteiger charge is -2.23. The van der Waals surface area contributed by atoms with Crippen LogP contribution in [0.5, 0.6) is 0 Å². The first kappa shape index (κ1) is 21.6. The van der Waals surface area contributed by atoms with E-state index in [0.717, 1.165) is 10.5 Å². The van der Waals surface area contributed by atoms with Crippen molar-refractivity contribution in [1.29, 1.82) is 0 Å². The largest absolute Gasteiger partial charge is 0.357 e. The molecule has 1 fully saturated rings. The summed E-state index contributed by atoms with van der Waals surface area (Å²) < 4.78 is 0. The summed E-state index contributed by atoms with van der Waals surface area (Å²) in [4.78, 5) is 38.0. The quantitative estimate of drug-likeness (QED) is 0.334. The maximum absolute atomic E-state index is 12.7. The Kier molecular flexibility index (Phi) is 6.60. The summed E-state index contributed by atoms with van der Waals surface area (Å²) in [6.45, 7) is 7.05. The molecule has 1 atom stereocenters. The topological polar surface area (TPSA) is 103 Å². The molecule has 8 nitrogen and oxygen atoms in total. The first-order valence-electron chi connectivity index (χ1n) is 9.05. The number of aryl methyl sites for hydroxylation is 1. The molecular formula is C19H27N5O3S. The average molecular weight is 406 g/mol. The summed E-state index contributed by atoms with van der Waals surface area (Å²) in [6, 6.07) is 9.13. The smallest absolute Gasteiger partial charge is 0.325 e. The highest BCUT2D eigenvalue weighted by Gasteiger charge is 2.47. The molecular weight excluding hydrogens is 378 g/mol. The van der Waals surface area contributed by atoms with Gasteiger partial charge >= 0.3 is 6.03 Å². The van der Waals surface area contributed by atoms with Crippen LogP contribution in [-0.2, 0) is 16.0 Å². The maximum atomic E-state index is 12.7. The summed E-state index contributed by atoms with van der Waals surface area (Å²) in [7, 11) is 0. The molecule has 0 aliphatic carbocycles. The van der Waals surface area contributed by atoms with E-state index in [4.69, 9.17) is 12.2 Å². The Morgan fingerprint density at radius 1 is 1.18 bits per heavy atom. The highest BCUT2D eigenvalue weighted by atomic mass is 32.1. The van der Waals surface area contributed by atoms with Crippen molar-refractivity contribution in [3.8, 4) is 0 Å². The second-order valence-electron chi connectivity index (χ2n) is 8.02. The van der Waals surface area contributed by atoms with Gasteiger partial charge in [-0.3, -0.25) is 25.3 Å². The van der Waals surface area contributed by atoms with Crippen molar-refractivity contribution in [2.45, 2.75) is 51.6 Å². The number of urea groups is 1. The minimum absolute atomic E-state index is 0.241. The molecule has 0 radical (unpaired) electrons. The van der Waals surface area contributed by atoms with E-state index in [1.54, 1.807) is 6.92 Å². The number of hydrogen-bond acceptors (Lipinski definition) is 4. The molecule has 1 aromatic rings. The molecule has 2 rings (SSSR count). The van der Waals surface area contributed by atoms with Gasteiger partial charge in [0.2, 0.25) is 0 Å². The Bertz CT molecular complexity index is 763. The lowest BCUT2D eigenvalue weighted by Crippen LogP contribution is -2.54. The van der Waals surface area contributed by atoms with Crippen LogP contribution in [0.3, 0.4) is 0 Å². The van der Waals surface area contributed by atoms with E-state index >= 15 is 0 Å². The average Bonchev–Trinajstić information content (AvgIpc) is 2.81. The number of thiocarbonyl (C=S) groups is 1. The second-order valence-corrected chi connectivity index (χ2v) is 8.42. The van der Waals surface area contributed by atoms with Gasteiger partial charge in [-0.2, -0.15) is 0 Å². The molecule has 9 heteroatoms. The zero-order valence-electron chi connectivity index (χ0n) is 16.6. The zero-order valence-corrected chi connectivity index (χ0v) is 17.4. The van der Waals surface area contributed by atoms with Gasteiger partial charge in [0.05, 0.1) is 0 Å². The molecule has 1 aliphatic rings. The van der Waals surface area contributed by atoms with E-state index in [1.807, 2.05) is 51.1 Å². The van der Waals surface area contributed by atoms with Crippen molar-refractivity contribution < 1.29 is 14.4 Å². The minimum atomic E-state index is -1.04. The highest BCUT2D eigenvalue weighted by molar-refractivity contribution is 7.80. The van der Waals surface area contributed by atoms with Crippen molar-refractivity contribution in [3.05, 3.63) is 35.9 Å². The van der Waals surface area contributed by atoms with Crippen LogP contribution in [0.2, 0.25) is 0 Å². The number of amides is 4. The van der Waals surface area contributed by atoms with E-state index in [1.165, 1.54) is 0 Å². The normalized spacial score (nSPS) is 19.2. The summed E-state index contributed by atoms with van der Waals surface area (Å²) in [5, 5.41) is 5.92. The number of benzene rings is 1. The van der Waals surface area contributed by atoms with Crippen molar-refractivity contribution in [1.82, 2.24) is 26.4 Å². The lowest BCUT2D eigenvalue weighted by molar-refractivity contribution is -0.134. The molecule has 1 saturated heterocycles. The first-order valence-corrected chi connectivity index (χ1v) is 9.46. The fourth-order valence-electron chi connectivity index (χ4n) is 2.78. The highest BCUT2D eigenvalue weighted by Crippen LogP contribution is 2.23. The van der Waals surface area contributed by atoms with E-state index in [9.17, 15) is 14.4 Å². The van der Waals surface area contributed by atoms with Crippen LogP contribution >= 0.6 is 12.2 Å². The number of imide groups is 1. The Balaban J connectivity index is 1.88. The van der Waals surface area contributed by atoms with Gasteiger partial charge in [0, 0.05) is 5.54 Å². The number of carbonyl (C=O) groups is 3. The Hall–Kier alpha value is -2.68. The third-order valence-corrected chi connectivity index (χ3v) is 4.41. The first-order chi connectivity index (χ1) is 13.0. The van der Waals surface area contributed by atoms with Gasteiger partial charge in [-0.25, -0.2) is 4.79 Å². The van der Waals surface area contributed by atoms with Crippen molar-refractivity contribution in [2.75, 3.05) is 6.54 Å². The molecule has 0 unspecified atom stereocenters. The van der Waals surface area contributed by atoms with Crippen LogP contribution in [0, 0.1) is 0 Å². The molecule has 0 spiro atoms. The molecule has 1 heterocycles. The SMILES string of the molecule is CC(C)(C)NC(=S)NNC(=O)CN1C(=O)N[C@](C)(CCc2ccccc2)C1=O.